The van der Waals surface area contributed by atoms with Gasteiger partial charge in [0, 0.05) is 11.6 Å². The number of hydrogen-bond donors (Lipinski definition) is 0. The number of carbonyl (C=O) groups is 1. The second-order valence-electron chi connectivity index (χ2n) is 8.57. The summed E-state index contributed by atoms with van der Waals surface area (Å²) in [7, 11) is 1.53. The fraction of sp³-hybridized carbons (Fsp3) is 0.296. The Labute approximate surface area is 236 Å². The van der Waals surface area contributed by atoms with Gasteiger partial charge in [0.1, 0.15) is 0 Å². The normalized spacial score (nSPS) is 15.0. The number of nitro benzene ring substituents is 1. The van der Waals surface area contributed by atoms with Gasteiger partial charge in [-0.3, -0.25) is 19.5 Å². The second-order valence-corrected chi connectivity index (χ2v) is 10.4. The Bertz CT molecular complexity index is 1690. The van der Waals surface area contributed by atoms with Crippen LogP contribution >= 0.6 is 27.3 Å². The van der Waals surface area contributed by atoms with Gasteiger partial charge < -0.3 is 14.2 Å². The first-order valence-electron chi connectivity index (χ1n) is 12.1. The van der Waals surface area contributed by atoms with Crippen LogP contribution in [0.1, 0.15) is 43.5 Å². The predicted octanol–water partition coefficient (Wildman–Crippen LogP) is 4.18. The monoisotopic (exact) mass is 615 g/mol. The number of fused-ring (bicyclic) bond motifs is 1. The highest BCUT2D eigenvalue weighted by Gasteiger charge is 2.34. The maximum atomic E-state index is 13.8. The Kier molecular flexibility index (Phi) is 8.36. The van der Waals surface area contributed by atoms with E-state index < -0.39 is 22.5 Å². The molecule has 0 saturated heterocycles. The average molecular weight is 616 g/mol. The fourth-order valence-electron chi connectivity index (χ4n) is 4.36. The number of allylic oxidation sites excluding steroid dienone is 1. The molecule has 12 heteroatoms. The van der Waals surface area contributed by atoms with Crippen molar-refractivity contribution < 1.29 is 23.9 Å². The number of carbonyl (C=O) groups excluding carboxylic acids is 1. The zero-order valence-corrected chi connectivity index (χ0v) is 24.3. The van der Waals surface area contributed by atoms with Gasteiger partial charge in [0.2, 0.25) is 0 Å². The number of methoxy groups -OCH3 is 1. The first kappa shape index (κ1) is 28.2. The molecule has 1 aliphatic heterocycles. The number of aromatic nitrogens is 1. The summed E-state index contributed by atoms with van der Waals surface area (Å²) in [5.74, 6) is 0.409. The molecular weight excluding hydrogens is 590 g/mol. The van der Waals surface area contributed by atoms with E-state index in [9.17, 15) is 19.7 Å². The lowest BCUT2D eigenvalue weighted by molar-refractivity contribution is -0.385. The molecular formula is C27H26BrN3O7S. The SMILES string of the molecule is CCOC(=O)C1=C(C)N=c2s/c(=C/c3cc(Br)c(OCC)c(OC)c3)c(=O)n2[C@H]1c1ccc(C)c([N+](=O)[O-])c1. The minimum atomic E-state index is -0.955. The average Bonchev–Trinajstić information content (AvgIpc) is 3.19. The first-order chi connectivity index (χ1) is 18.6. The molecule has 0 unspecified atom stereocenters. The van der Waals surface area contributed by atoms with Crippen LogP contribution in [0.2, 0.25) is 0 Å². The van der Waals surface area contributed by atoms with Crippen molar-refractivity contribution in [1.82, 2.24) is 4.57 Å². The molecule has 0 fully saturated rings. The number of rotatable bonds is 8. The summed E-state index contributed by atoms with van der Waals surface area (Å²) in [6.07, 6.45) is 1.70. The summed E-state index contributed by atoms with van der Waals surface area (Å²) in [4.78, 5) is 43.0. The van der Waals surface area contributed by atoms with E-state index in [0.29, 0.717) is 54.3 Å². The first-order valence-corrected chi connectivity index (χ1v) is 13.7. The number of aryl methyl sites for hydroxylation is 1. The number of esters is 1. The summed E-state index contributed by atoms with van der Waals surface area (Å²) in [5, 5.41) is 11.7. The summed E-state index contributed by atoms with van der Waals surface area (Å²) in [6, 6.07) is 7.28. The molecule has 1 atom stereocenters. The summed E-state index contributed by atoms with van der Waals surface area (Å²) in [6.45, 7) is 7.41. The molecule has 0 spiro atoms. The molecule has 0 bridgehead atoms. The van der Waals surface area contributed by atoms with E-state index in [1.807, 2.05) is 13.0 Å². The van der Waals surface area contributed by atoms with Crippen molar-refractivity contribution >= 4 is 45.0 Å². The molecule has 204 valence electrons. The van der Waals surface area contributed by atoms with E-state index in [4.69, 9.17) is 14.2 Å². The smallest absolute Gasteiger partial charge is 0.338 e. The summed E-state index contributed by atoms with van der Waals surface area (Å²) < 4.78 is 18.8. The van der Waals surface area contributed by atoms with Crippen LogP contribution in [0.5, 0.6) is 11.5 Å². The molecule has 39 heavy (non-hydrogen) atoms. The number of hydrogen-bond acceptors (Lipinski definition) is 9. The molecule has 4 rings (SSSR count). The quantitative estimate of drug-likeness (QED) is 0.211. The second kappa shape index (κ2) is 11.5. The molecule has 10 nitrogen and oxygen atoms in total. The highest BCUT2D eigenvalue weighted by molar-refractivity contribution is 9.10. The van der Waals surface area contributed by atoms with Crippen LogP contribution in [0.4, 0.5) is 5.69 Å². The predicted molar refractivity (Wildman–Crippen MR) is 150 cm³/mol. The van der Waals surface area contributed by atoms with Crippen LogP contribution in [0, 0.1) is 17.0 Å². The molecule has 0 amide bonds. The third kappa shape index (κ3) is 5.39. The lowest BCUT2D eigenvalue weighted by atomic mass is 9.94. The van der Waals surface area contributed by atoms with Crippen molar-refractivity contribution in [2.45, 2.75) is 33.7 Å². The number of benzene rings is 2. The van der Waals surface area contributed by atoms with E-state index in [1.54, 1.807) is 45.0 Å². The lowest BCUT2D eigenvalue weighted by Crippen LogP contribution is -2.40. The minimum absolute atomic E-state index is 0.112. The molecule has 0 radical (unpaired) electrons. The van der Waals surface area contributed by atoms with Crippen molar-refractivity contribution in [2.24, 2.45) is 4.99 Å². The molecule has 2 aromatic carbocycles. The molecule has 0 aliphatic carbocycles. The van der Waals surface area contributed by atoms with Crippen LogP contribution in [0.3, 0.4) is 0 Å². The summed E-state index contributed by atoms with van der Waals surface area (Å²) >= 11 is 4.66. The van der Waals surface area contributed by atoms with E-state index in [1.165, 1.54) is 17.7 Å². The molecule has 1 aliphatic rings. The van der Waals surface area contributed by atoms with Crippen LogP contribution in [0.15, 0.2) is 55.9 Å². The van der Waals surface area contributed by atoms with Gasteiger partial charge >= 0.3 is 5.97 Å². The number of thiazole rings is 1. The van der Waals surface area contributed by atoms with Crippen molar-refractivity contribution in [2.75, 3.05) is 20.3 Å². The lowest BCUT2D eigenvalue weighted by Gasteiger charge is -2.24. The Balaban J connectivity index is 1.96. The standard InChI is InChI=1S/C27H26BrN3O7S/c1-6-37-24-18(28)10-16(11-20(24)36-5)12-21-25(32)30-23(17-9-8-14(3)19(13-17)31(34)35)22(26(33)38-7-2)15(4)29-27(30)39-21/h8-13,23H,6-7H2,1-5H3/b21-12+/t23-/m0/s1. The molecule has 1 aromatic heterocycles. The van der Waals surface area contributed by atoms with Gasteiger partial charge in [-0.15, -0.1) is 0 Å². The minimum Gasteiger partial charge on any atom is -0.493 e. The highest BCUT2D eigenvalue weighted by Crippen LogP contribution is 2.37. The van der Waals surface area contributed by atoms with Crippen LogP contribution in [-0.4, -0.2) is 35.8 Å². The van der Waals surface area contributed by atoms with E-state index >= 15 is 0 Å². The molecule has 0 saturated carbocycles. The Hall–Kier alpha value is -3.77. The topological polar surface area (TPSA) is 122 Å². The molecule has 0 N–H and O–H groups in total. The largest absolute Gasteiger partial charge is 0.493 e. The maximum absolute atomic E-state index is 13.8. The van der Waals surface area contributed by atoms with Gasteiger partial charge in [-0.05, 0) is 73.0 Å². The Morgan fingerprint density at radius 1 is 1.23 bits per heavy atom. The number of nitrogens with zero attached hydrogens (tertiary/aromatic N) is 3. The van der Waals surface area contributed by atoms with Gasteiger partial charge in [-0.25, -0.2) is 9.79 Å². The van der Waals surface area contributed by atoms with E-state index in [0.717, 1.165) is 11.3 Å². The van der Waals surface area contributed by atoms with E-state index in [2.05, 4.69) is 20.9 Å². The van der Waals surface area contributed by atoms with Gasteiger partial charge in [0.15, 0.2) is 16.3 Å². The van der Waals surface area contributed by atoms with Crippen LogP contribution in [0.25, 0.3) is 6.08 Å². The zero-order valence-electron chi connectivity index (χ0n) is 21.9. The zero-order chi connectivity index (χ0) is 28.4. The van der Waals surface area contributed by atoms with Crippen molar-refractivity contribution in [1.29, 1.82) is 0 Å². The van der Waals surface area contributed by atoms with Crippen molar-refractivity contribution in [3.8, 4) is 11.5 Å². The van der Waals surface area contributed by atoms with Crippen LogP contribution in [-0.2, 0) is 9.53 Å². The number of halogens is 1. The molecule has 2 heterocycles. The van der Waals surface area contributed by atoms with Crippen LogP contribution < -0.4 is 24.4 Å². The van der Waals surface area contributed by atoms with Crippen molar-refractivity contribution in [3.63, 3.8) is 0 Å². The number of ether oxygens (including phenoxy) is 3. The van der Waals surface area contributed by atoms with Gasteiger partial charge in [-0.1, -0.05) is 23.5 Å². The van der Waals surface area contributed by atoms with Crippen molar-refractivity contribution in [3.05, 3.63) is 92.6 Å². The summed E-state index contributed by atoms with van der Waals surface area (Å²) in [5.41, 5.74) is 1.56. The third-order valence-electron chi connectivity index (χ3n) is 6.10. The van der Waals surface area contributed by atoms with E-state index in [-0.39, 0.29) is 17.9 Å². The Morgan fingerprint density at radius 2 is 1.97 bits per heavy atom. The third-order valence-corrected chi connectivity index (χ3v) is 7.67. The van der Waals surface area contributed by atoms with Gasteiger partial charge in [-0.2, -0.15) is 0 Å². The molecule has 3 aromatic rings. The highest BCUT2D eigenvalue weighted by atomic mass is 79.9. The fourth-order valence-corrected chi connectivity index (χ4v) is 5.98. The Morgan fingerprint density at radius 3 is 2.62 bits per heavy atom. The van der Waals surface area contributed by atoms with Gasteiger partial charge in [0.05, 0.1) is 51.6 Å². The maximum Gasteiger partial charge on any atom is 0.338 e. The number of nitro groups is 1. The van der Waals surface area contributed by atoms with Gasteiger partial charge in [0.25, 0.3) is 11.2 Å².